The van der Waals surface area contributed by atoms with E-state index in [1.54, 1.807) is 6.07 Å². The lowest BCUT2D eigenvalue weighted by molar-refractivity contribution is -0.147. The van der Waals surface area contributed by atoms with Gasteiger partial charge in [0.1, 0.15) is 5.82 Å². The number of aromatic nitrogens is 1. The Labute approximate surface area is 226 Å². The minimum absolute atomic E-state index is 0.263. The molecular weight excluding hydrogens is 497 g/mol. The average Bonchev–Trinajstić information content (AvgIpc) is 3.39. The number of hydrogen-bond donors (Lipinski definition) is 1. The lowest BCUT2D eigenvalue weighted by Crippen LogP contribution is -2.28. The molecule has 0 radical (unpaired) electrons. The molecule has 4 aromatic carbocycles. The summed E-state index contributed by atoms with van der Waals surface area (Å²) in [5, 5.41) is 11.7. The van der Waals surface area contributed by atoms with Crippen molar-refractivity contribution in [2.24, 2.45) is 5.41 Å². The lowest BCUT2D eigenvalue weighted by Gasteiger charge is -2.19. The van der Waals surface area contributed by atoms with E-state index >= 15 is 4.39 Å². The Kier molecular flexibility index (Phi) is 5.88. The van der Waals surface area contributed by atoms with Crippen LogP contribution in [0.3, 0.4) is 0 Å². The highest BCUT2D eigenvalue weighted by Crippen LogP contribution is 2.44. The van der Waals surface area contributed by atoms with E-state index in [9.17, 15) is 9.90 Å². The van der Waals surface area contributed by atoms with Gasteiger partial charge in [-0.25, -0.2) is 4.39 Å². The highest BCUT2D eigenvalue weighted by molar-refractivity contribution is 6.30. The molecule has 0 saturated heterocycles. The van der Waals surface area contributed by atoms with Crippen molar-refractivity contribution in [3.63, 3.8) is 0 Å². The van der Waals surface area contributed by atoms with Gasteiger partial charge in [-0.2, -0.15) is 0 Å². The number of benzene rings is 4. The summed E-state index contributed by atoms with van der Waals surface area (Å²) in [4.78, 5) is 12.2. The fraction of sp³-hybridized carbons (Fsp3) is 0.182. The van der Waals surface area contributed by atoms with Crippen LogP contribution < -0.4 is 0 Å². The van der Waals surface area contributed by atoms with Gasteiger partial charge < -0.3 is 9.67 Å². The van der Waals surface area contributed by atoms with Crippen molar-refractivity contribution in [3.05, 3.63) is 118 Å². The second kappa shape index (κ2) is 9.14. The predicted octanol–water partition coefficient (Wildman–Crippen LogP) is 8.31. The Hall–Kier alpha value is -3.89. The Morgan fingerprint density at radius 1 is 0.947 bits per heavy atom. The van der Waals surface area contributed by atoms with Crippen LogP contribution in [-0.4, -0.2) is 15.6 Å². The second-order valence-electron chi connectivity index (χ2n) is 10.6. The van der Waals surface area contributed by atoms with Crippen LogP contribution >= 0.6 is 11.6 Å². The summed E-state index contributed by atoms with van der Waals surface area (Å²) in [7, 11) is 0. The largest absolute Gasteiger partial charge is 0.481 e. The van der Waals surface area contributed by atoms with Crippen LogP contribution in [0.1, 0.15) is 29.3 Å². The molecule has 0 spiro atoms. The number of carboxylic acid groups (broad SMARTS) is 1. The first kappa shape index (κ1) is 24.4. The number of halogens is 2. The molecule has 5 aromatic rings. The van der Waals surface area contributed by atoms with Crippen molar-refractivity contribution in [1.82, 2.24) is 4.57 Å². The van der Waals surface area contributed by atoms with Crippen LogP contribution in [0.25, 0.3) is 33.2 Å². The minimum Gasteiger partial charge on any atom is -0.481 e. The van der Waals surface area contributed by atoms with Crippen LogP contribution in [0.2, 0.25) is 5.02 Å². The Morgan fingerprint density at radius 2 is 1.66 bits per heavy atom. The standard InChI is InChI=1S/C33H27ClFNO2/c1-20-5-3-4-6-25(20)26-13-9-23(16-29(26)35)22-10-14-30-27(15-22)28-17-33(2,32(37)38)18-31(28)36(30)19-21-7-11-24(34)12-8-21/h3-16H,17-19H2,1-2H3,(H,37,38). The molecule has 1 atom stereocenters. The molecule has 1 aromatic heterocycles. The van der Waals surface area contributed by atoms with E-state index in [2.05, 4.69) is 16.7 Å². The average molecular weight is 524 g/mol. The molecule has 6 rings (SSSR count). The number of fused-ring (bicyclic) bond motifs is 3. The number of nitrogens with zero attached hydrogens (tertiary/aromatic N) is 1. The zero-order valence-corrected chi connectivity index (χ0v) is 22.0. The molecule has 1 unspecified atom stereocenters. The van der Waals surface area contributed by atoms with Gasteiger partial charge in [0.2, 0.25) is 0 Å². The normalized spacial score (nSPS) is 16.6. The van der Waals surface area contributed by atoms with Crippen molar-refractivity contribution in [3.8, 4) is 22.3 Å². The molecule has 0 bridgehead atoms. The summed E-state index contributed by atoms with van der Waals surface area (Å²) in [5.41, 5.74) is 7.61. The van der Waals surface area contributed by atoms with E-state index in [4.69, 9.17) is 11.6 Å². The highest BCUT2D eigenvalue weighted by atomic mass is 35.5. The SMILES string of the molecule is Cc1ccccc1-c1ccc(-c2ccc3c(c2)c2c(n3Cc3ccc(Cl)cc3)CC(C)(C(=O)O)C2)cc1F. The van der Waals surface area contributed by atoms with Crippen molar-refractivity contribution >= 4 is 28.5 Å². The van der Waals surface area contributed by atoms with Gasteiger partial charge in [-0.15, -0.1) is 0 Å². The number of rotatable bonds is 5. The first-order chi connectivity index (χ1) is 18.2. The van der Waals surface area contributed by atoms with Gasteiger partial charge in [-0.05, 0) is 84.0 Å². The van der Waals surface area contributed by atoms with Gasteiger partial charge in [-0.3, -0.25) is 4.79 Å². The first-order valence-electron chi connectivity index (χ1n) is 12.7. The van der Waals surface area contributed by atoms with Gasteiger partial charge in [0.05, 0.1) is 5.41 Å². The quantitative estimate of drug-likeness (QED) is 0.251. The maximum absolute atomic E-state index is 15.3. The van der Waals surface area contributed by atoms with E-state index < -0.39 is 11.4 Å². The van der Waals surface area contributed by atoms with Crippen LogP contribution in [0.4, 0.5) is 4.39 Å². The van der Waals surface area contributed by atoms with Gasteiger partial charge in [0.15, 0.2) is 0 Å². The summed E-state index contributed by atoms with van der Waals surface area (Å²) < 4.78 is 17.6. The molecule has 3 nitrogen and oxygen atoms in total. The van der Waals surface area contributed by atoms with Gasteiger partial charge in [-0.1, -0.05) is 66.2 Å². The Morgan fingerprint density at radius 3 is 2.37 bits per heavy atom. The number of carboxylic acids is 1. The highest BCUT2D eigenvalue weighted by Gasteiger charge is 2.42. The van der Waals surface area contributed by atoms with Crippen molar-refractivity contribution in [2.45, 2.75) is 33.2 Å². The zero-order chi connectivity index (χ0) is 26.6. The maximum Gasteiger partial charge on any atom is 0.310 e. The van der Waals surface area contributed by atoms with E-state index in [0.717, 1.165) is 50.0 Å². The summed E-state index contributed by atoms with van der Waals surface area (Å²) in [6, 6.07) is 27.1. The lowest BCUT2D eigenvalue weighted by atomic mass is 9.87. The predicted molar refractivity (Wildman–Crippen MR) is 151 cm³/mol. The summed E-state index contributed by atoms with van der Waals surface area (Å²) in [5.74, 6) is -1.05. The molecule has 1 aliphatic rings. The number of aliphatic carboxylic acids is 1. The number of carbonyl (C=O) groups is 1. The van der Waals surface area contributed by atoms with Crippen LogP contribution in [0.15, 0.2) is 84.9 Å². The van der Waals surface area contributed by atoms with Crippen molar-refractivity contribution in [2.75, 3.05) is 0 Å². The Balaban J connectivity index is 1.45. The van der Waals surface area contributed by atoms with Crippen LogP contribution in [0, 0.1) is 18.2 Å². The summed E-state index contributed by atoms with van der Waals surface area (Å²) in [6.07, 6.45) is 0.931. The molecule has 1 aliphatic carbocycles. The van der Waals surface area contributed by atoms with Crippen LogP contribution in [-0.2, 0) is 24.2 Å². The second-order valence-corrected chi connectivity index (χ2v) is 11.0. The van der Waals surface area contributed by atoms with Gasteiger partial charge in [0, 0.05) is 40.1 Å². The molecule has 0 fully saturated rings. The first-order valence-corrected chi connectivity index (χ1v) is 13.1. The third-order valence-electron chi connectivity index (χ3n) is 7.92. The molecule has 1 heterocycles. The summed E-state index contributed by atoms with van der Waals surface area (Å²) in [6.45, 7) is 4.42. The molecule has 0 aliphatic heterocycles. The topological polar surface area (TPSA) is 42.2 Å². The smallest absolute Gasteiger partial charge is 0.310 e. The third kappa shape index (κ3) is 4.10. The molecule has 1 N–H and O–H groups in total. The monoisotopic (exact) mass is 523 g/mol. The Bertz CT molecular complexity index is 1720. The molecular formula is C33H27ClFNO2. The number of aryl methyl sites for hydroxylation is 1. The van der Waals surface area contributed by atoms with Crippen molar-refractivity contribution < 1.29 is 14.3 Å². The van der Waals surface area contributed by atoms with E-state index in [1.807, 2.05) is 80.6 Å². The molecule has 5 heteroatoms. The fourth-order valence-corrected chi connectivity index (χ4v) is 5.90. The van der Waals surface area contributed by atoms with E-state index in [0.29, 0.717) is 30.0 Å². The fourth-order valence-electron chi connectivity index (χ4n) is 5.77. The third-order valence-corrected chi connectivity index (χ3v) is 8.17. The van der Waals surface area contributed by atoms with Gasteiger partial charge in [0.25, 0.3) is 0 Å². The molecule has 0 saturated carbocycles. The zero-order valence-electron chi connectivity index (χ0n) is 21.3. The minimum atomic E-state index is -0.849. The summed E-state index contributed by atoms with van der Waals surface area (Å²) >= 11 is 6.09. The van der Waals surface area contributed by atoms with E-state index in [1.165, 1.54) is 0 Å². The van der Waals surface area contributed by atoms with E-state index in [-0.39, 0.29) is 5.82 Å². The van der Waals surface area contributed by atoms with Crippen molar-refractivity contribution in [1.29, 1.82) is 0 Å². The maximum atomic E-state index is 15.3. The molecule has 190 valence electrons. The molecule has 38 heavy (non-hydrogen) atoms. The number of hydrogen-bond acceptors (Lipinski definition) is 1. The molecule has 0 amide bonds. The van der Waals surface area contributed by atoms with Gasteiger partial charge >= 0.3 is 5.97 Å². The van der Waals surface area contributed by atoms with Crippen LogP contribution in [0.5, 0.6) is 0 Å².